The first-order chi connectivity index (χ1) is 18.0. The zero-order valence-corrected chi connectivity index (χ0v) is 21.5. The van der Waals surface area contributed by atoms with Crippen LogP contribution in [0.5, 0.6) is 0 Å². The molecule has 1 aromatic carbocycles. The van der Waals surface area contributed by atoms with Gasteiger partial charge in [-0.05, 0) is 30.5 Å². The number of benzene rings is 1. The molecule has 0 fully saturated rings. The summed E-state index contributed by atoms with van der Waals surface area (Å²) in [6.07, 6.45) is -0.184. The molecule has 0 aliphatic carbocycles. The normalized spacial score (nSPS) is 13.0. The molecule has 0 spiro atoms. The molecule has 0 aliphatic rings. The summed E-state index contributed by atoms with van der Waals surface area (Å²) in [7, 11) is 3.19. The van der Waals surface area contributed by atoms with E-state index in [1.165, 1.54) is 16.2 Å². The first-order valence-electron chi connectivity index (χ1n) is 12.1. The van der Waals surface area contributed by atoms with Crippen molar-refractivity contribution in [1.82, 2.24) is 33.6 Å². The highest BCUT2D eigenvalue weighted by atomic mass is 19.4. The van der Waals surface area contributed by atoms with Crippen LogP contribution in [0.2, 0.25) is 0 Å². The van der Waals surface area contributed by atoms with Gasteiger partial charge in [0.05, 0.1) is 17.9 Å². The quantitative estimate of drug-likeness (QED) is 0.312. The van der Waals surface area contributed by atoms with Crippen molar-refractivity contribution in [2.75, 3.05) is 0 Å². The summed E-state index contributed by atoms with van der Waals surface area (Å²) in [5, 5.41) is 0. The van der Waals surface area contributed by atoms with Crippen molar-refractivity contribution in [2.45, 2.75) is 38.9 Å². The molecule has 4 aromatic heterocycles. The molecule has 0 aliphatic heterocycles. The van der Waals surface area contributed by atoms with Gasteiger partial charge in [0.25, 0.3) is 0 Å². The lowest BCUT2D eigenvalue weighted by molar-refractivity contribution is -0.140. The second kappa shape index (κ2) is 9.23. The SMILES string of the molecule is CC(C)c1ncccc1-c1ncc2c(n1)n([C@H](C)c1ccc(-c3nc(C(F)(F)F)cn3C)cc1)c(=O)n2C. The largest absolute Gasteiger partial charge is 0.434 e. The van der Waals surface area contributed by atoms with Crippen LogP contribution in [0, 0.1) is 0 Å². The van der Waals surface area contributed by atoms with Gasteiger partial charge in [0.15, 0.2) is 17.2 Å². The average Bonchev–Trinajstić information content (AvgIpc) is 3.41. The Hall–Kier alpha value is -4.28. The smallest absolute Gasteiger partial charge is 0.333 e. The van der Waals surface area contributed by atoms with Crippen molar-refractivity contribution in [3.8, 4) is 22.8 Å². The zero-order chi connectivity index (χ0) is 27.4. The highest BCUT2D eigenvalue weighted by Crippen LogP contribution is 2.32. The number of hydrogen-bond donors (Lipinski definition) is 0. The molecular formula is C27H26F3N7O. The van der Waals surface area contributed by atoms with E-state index in [0.29, 0.717) is 22.6 Å². The van der Waals surface area contributed by atoms with Crippen LogP contribution in [0.1, 0.15) is 49.7 Å². The Morgan fingerprint density at radius 2 is 1.66 bits per heavy atom. The Morgan fingerprint density at radius 1 is 0.947 bits per heavy atom. The lowest BCUT2D eigenvalue weighted by Crippen LogP contribution is -2.25. The van der Waals surface area contributed by atoms with Crippen molar-refractivity contribution in [2.24, 2.45) is 14.1 Å². The minimum Gasteiger partial charge on any atom is -0.333 e. The molecule has 0 unspecified atom stereocenters. The molecule has 38 heavy (non-hydrogen) atoms. The van der Waals surface area contributed by atoms with E-state index in [9.17, 15) is 18.0 Å². The average molecular weight is 522 g/mol. The molecule has 4 heterocycles. The van der Waals surface area contributed by atoms with Crippen LogP contribution in [-0.4, -0.2) is 33.6 Å². The number of hydrogen-bond acceptors (Lipinski definition) is 5. The summed E-state index contributed by atoms with van der Waals surface area (Å²) in [4.78, 5) is 30.9. The van der Waals surface area contributed by atoms with Crippen molar-refractivity contribution in [3.63, 3.8) is 0 Å². The first-order valence-corrected chi connectivity index (χ1v) is 12.1. The Kier molecular flexibility index (Phi) is 6.16. The Balaban J connectivity index is 1.56. The molecular weight excluding hydrogens is 495 g/mol. The maximum Gasteiger partial charge on any atom is 0.434 e. The Morgan fingerprint density at radius 3 is 2.29 bits per heavy atom. The number of nitrogens with zero attached hydrogens (tertiary/aromatic N) is 7. The molecule has 0 amide bonds. The standard InChI is InChI=1S/C27H26F3N7O/c1-15(2)22-19(7-6-12-31-22)23-32-13-20-25(34-23)37(26(38)36(20)5)16(3)17-8-10-18(11-9-17)24-33-21(14-35(24)4)27(28,29)30/h6-16H,1-5H3/t16-/m1/s1. The van der Waals surface area contributed by atoms with Crippen LogP contribution in [0.4, 0.5) is 13.2 Å². The van der Waals surface area contributed by atoms with Gasteiger partial charge >= 0.3 is 11.9 Å². The molecule has 196 valence electrons. The van der Waals surface area contributed by atoms with Gasteiger partial charge in [0.1, 0.15) is 11.3 Å². The van der Waals surface area contributed by atoms with Crippen LogP contribution in [0.3, 0.4) is 0 Å². The van der Waals surface area contributed by atoms with Gasteiger partial charge in [-0.25, -0.2) is 19.7 Å². The van der Waals surface area contributed by atoms with E-state index in [0.717, 1.165) is 23.0 Å². The summed E-state index contributed by atoms with van der Waals surface area (Å²) < 4.78 is 43.7. The van der Waals surface area contributed by atoms with Crippen LogP contribution in [-0.2, 0) is 20.3 Å². The summed E-state index contributed by atoms with van der Waals surface area (Å²) in [5.74, 6) is 0.840. The maximum absolute atomic E-state index is 13.3. The maximum atomic E-state index is 13.3. The van der Waals surface area contributed by atoms with Crippen LogP contribution in [0.15, 0.2) is 59.8 Å². The first kappa shape index (κ1) is 25.4. The summed E-state index contributed by atoms with van der Waals surface area (Å²) in [6, 6.07) is 10.3. The van der Waals surface area contributed by atoms with E-state index in [1.807, 2.05) is 32.9 Å². The van der Waals surface area contributed by atoms with Crippen LogP contribution < -0.4 is 5.69 Å². The topological polar surface area (TPSA) is 83.4 Å². The molecule has 0 bridgehead atoms. The molecule has 0 radical (unpaired) electrons. The van der Waals surface area contributed by atoms with Gasteiger partial charge in [0, 0.05) is 37.6 Å². The lowest BCUT2D eigenvalue weighted by atomic mass is 10.0. The third kappa shape index (κ3) is 4.27. The van der Waals surface area contributed by atoms with Gasteiger partial charge in [-0.3, -0.25) is 14.1 Å². The number of imidazole rings is 2. The van der Waals surface area contributed by atoms with Crippen LogP contribution >= 0.6 is 0 Å². The van der Waals surface area contributed by atoms with Gasteiger partial charge in [0.2, 0.25) is 0 Å². The molecule has 0 saturated carbocycles. The highest BCUT2D eigenvalue weighted by Gasteiger charge is 2.34. The second-order valence-electron chi connectivity index (χ2n) is 9.56. The van der Waals surface area contributed by atoms with E-state index in [1.54, 1.807) is 48.3 Å². The fourth-order valence-corrected chi connectivity index (χ4v) is 4.61. The number of alkyl halides is 3. The minimum absolute atomic E-state index is 0.159. The zero-order valence-electron chi connectivity index (χ0n) is 21.5. The predicted octanol–water partition coefficient (Wildman–Crippen LogP) is 5.34. The lowest BCUT2D eigenvalue weighted by Gasteiger charge is -2.15. The Bertz CT molecular complexity index is 1690. The van der Waals surface area contributed by atoms with E-state index >= 15 is 0 Å². The number of halogens is 3. The van der Waals surface area contributed by atoms with E-state index in [-0.39, 0.29) is 17.4 Å². The van der Waals surface area contributed by atoms with Crippen LogP contribution in [0.25, 0.3) is 33.9 Å². The molecule has 5 rings (SSSR count). The van der Waals surface area contributed by atoms with E-state index in [4.69, 9.17) is 4.98 Å². The van der Waals surface area contributed by atoms with Gasteiger partial charge in [-0.15, -0.1) is 0 Å². The fourth-order valence-electron chi connectivity index (χ4n) is 4.61. The Labute approximate surface area is 216 Å². The number of aryl methyl sites for hydroxylation is 2. The highest BCUT2D eigenvalue weighted by molar-refractivity contribution is 5.74. The van der Waals surface area contributed by atoms with Crippen molar-refractivity contribution in [1.29, 1.82) is 0 Å². The third-order valence-corrected chi connectivity index (χ3v) is 6.66. The van der Waals surface area contributed by atoms with E-state index in [2.05, 4.69) is 15.0 Å². The monoisotopic (exact) mass is 521 g/mol. The molecule has 1 atom stereocenters. The third-order valence-electron chi connectivity index (χ3n) is 6.66. The van der Waals surface area contributed by atoms with Crippen molar-refractivity contribution in [3.05, 3.63) is 82.4 Å². The van der Waals surface area contributed by atoms with Gasteiger partial charge in [-0.2, -0.15) is 13.2 Å². The number of pyridine rings is 1. The molecule has 0 saturated heterocycles. The summed E-state index contributed by atoms with van der Waals surface area (Å²) in [6.45, 7) is 5.97. The summed E-state index contributed by atoms with van der Waals surface area (Å²) in [5.41, 5.74) is 2.86. The van der Waals surface area contributed by atoms with E-state index < -0.39 is 17.9 Å². The van der Waals surface area contributed by atoms with Gasteiger partial charge < -0.3 is 4.57 Å². The van der Waals surface area contributed by atoms with Gasteiger partial charge in [-0.1, -0.05) is 38.1 Å². The molecule has 0 N–H and O–H groups in total. The summed E-state index contributed by atoms with van der Waals surface area (Å²) >= 11 is 0. The molecule has 11 heteroatoms. The fraction of sp³-hybridized carbons (Fsp3) is 0.296. The second-order valence-corrected chi connectivity index (χ2v) is 9.56. The minimum atomic E-state index is -4.52. The van der Waals surface area contributed by atoms with Crippen molar-refractivity contribution >= 4 is 11.2 Å². The number of fused-ring (bicyclic) bond motifs is 1. The van der Waals surface area contributed by atoms with Crippen molar-refractivity contribution < 1.29 is 13.2 Å². The predicted molar refractivity (Wildman–Crippen MR) is 138 cm³/mol. The number of aromatic nitrogens is 7. The number of rotatable bonds is 5. The molecule has 8 nitrogen and oxygen atoms in total. The molecule has 5 aromatic rings.